The minimum atomic E-state index is 0.432. The molecule has 0 atom stereocenters. The SMILES string of the molecule is Cc1cccc(CN)c1OC1CCC1. The normalized spacial score (nSPS) is 16.4. The Bertz CT molecular complexity index is 318. The Morgan fingerprint density at radius 3 is 2.79 bits per heavy atom. The molecule has 0 spiro atoms. The molecule has 2 N–H and O–H groups in total. The minimum Gasteiger partial charge on any atom is -0.490 e. The molecule has 1 fully saturated rings. The van der Waals surface area contributed by atoms with Crippen molar-refractivity contribution in [2.75, 3.05) is 0 Å². The molecular weight excluding hydrogens is 174 g/mol. The van der Waals surface area contributed by atoms with Crippen molar-refractivity contribution in [2.24, 2.45) is 5.73 Å². The Kier molecular flexibility index (Phi) is 2.73. The van der Waals surface area contributed by atoms with Crippen molar-refractivity contribution in [3.8, 4) is 5.75 Å². The van der Waals surface area contributed by atoms with E-state index in [1.165, 1.54) is 24.8 Å². The lowest BCUT2D eigenvalue weighted by Gasteiger charge is -2.28. The van der Waals surface area contributed by atoms with E-state index < -0.39 is 0 Å². The molecule has 1 aromatic carbocycles. The van der Waals surface area contributed by atoms with Gasteiger partial charge < -0.3 is 10.5 Å². The van der Waals surface area contributed by atoms with Crippen LogP contribution in [-0.4, -0.2) is 6.10 Å². The van der Waals surface area contributed by atoms with Crippen molar-refractivity contribution in [1.29, 1.82) is 0 Å². The van der Waals surface area contributed by atoms with Crippen LogP contribution in [0.2, 0.25) is 0 Å². The lowest BCUT2D eigenvalue weighted by molar-refractivity contribution is 0.118. The maximum absolute atomic E-state index is 5.92. The van der Waals surface area contributed by atoms with Crippen LogP contribution in [0.15, 0.2) is 18.2 Å². The van der Waals surface area contributed by atoms with Gasteiger partial charge >= 0.3 is 0 Å². The number of para-hydroxylation sites is 1. The van der Waals surface area contributed by atoms with Crippen LogP contribution in [0.25, 0.3) is 0 Å². The van der Waals surface area contributed by atoms with Crippen LogP contribution in [0.1, 0.15) is 30.4 Å². The van der Waals surface area contributed by atoms with Gasteiger partial charge in [-0.1, -0.05) is 18.2 Å². The van der Waals surface area contributed by atoms with E-state index in [-0.39, 0.29) is 0 Å². The summed E-state index contributed by atoms with van der Waals surface area (Å²) in [5.41, 5.74) is 7.99. The highest BCUT2D eigenvalue weighted by Gasteiger charge is 2.20. The molecule has 1 aromatic rings. The lowest BCUT2D eigenvalue weighted by Crippen LogP contribution is -2.25. The van der Waals surface area contributed by atoms with Gasteiger partial charge in [-0.15, -0.1) is 0 Å². The number of aryl methyl sites for hydroxylation is 1. The highest BCUT2D eigenvalue weighted by atomic mass is 16.5. The van der Waals surface area contributed by atoms with Gasteiger partial charge in [-0.3, -0.25) is 0 Å². The summed E-state index contributed by atoms with van der Waals surface area (Å²) >= 11 is 0. The predicted molar refractivity (Wildman–Crippen MR) is 57.3 cm³/mol. The molecule has 0 aromatic heterocycles. The van der Waals surface area contributed by atoms with E-state index in [1.807, 2.05) is 12.1 Å². The van der Waals surface area contributed by atoms with Crippen molar-refractivity contribution in [3.63, 3.8) is 0 Å². The molecule has 2 rings (SSSR count). The molecule has 0 radical (unpaired) electrons. The van der Waals surface area contributed by atoms with Crippen LogP contribution in [0.3, 0.4) is 0 Å². The van der Waals surface area contributed by atoms with Crippen molar-refractivity contribution in [3.05, 3.63) is 29.3 Å². The second-order valence-corrected chi connectivity index (χ2v) is 3.94. The number of nitrogens with two attached hydrogens (primary N) is 1. The van der Waals surface area contributed by atoms with E-state index in [4.69, 9.17) is 10.5 Å². The summed E-state index contributed by atoms with van der Waals surface area (Å²) in [6.07, 6.45) is 4.12. The second kappa shape index (κ2) is 4.01. The van der Waals surface area contributed by atoms with Crippen molar-refractivity contribution in [2.45, 2.75) is 38.8 Å². The van der Waals surface area contributed by atoms with Gasteiger partial charge in [0.15, 0.2) is 0 Å². The molecule has 76 valence electrons. The first-order chi connectivity index (χ1) is 6.81. The lowest BCUT2D eigenvalue weighted by atomic mass is 9.96. The van der Waals surface area contributed by atoms with Gasteiger partial charge in [0.2, 0.25) is 0 Å². The van der Waals surface area contributed by atoms with Crippen molar-refractivity contribution < 1.29 is 4.74 Å². The highest BCUT2D eigenvalue weighted by molar-refractivity contribution is 5.40. The molecule has 1 aliphatic rings. The Morgan fingerprint density at radius 1 is 1.43 bits per heavy atom. The third kappa shape index (κ3) is 1.75. The van der Waals surface area contributed by atoms with Crippen LogP contribution in [-0.2, 0) is 6.54 Å². The summed E-state index contributed by atoms with van der Waals surface area (Å²) in [6, 6.07) is 6.15. The first-order valence-electron chi connectivity index (χ1n) is 5.26. The zero-order chi connectivity index (χ0) is 9.97. The first kappa shape index (κ1) is 9.53. The molecule has 1 aliphatic carbocycles. The highest BCUT2D eigenvalue weighted by Crippen LogP contribution is 2.29. The third-order valence-electron chi connectivity index (χ3n) is 2.85. The van der Waals surface area contributed by atoms with Crippen molar-refractivity contribution in [1.82, 2.24) is 0 Å². The number of ether oxygens (including phenoxy) is 1. The molecule has 0 bridgehead atoms. The molecule has 0 saturated heterocycles. The monoisotopic (exact) mass is 191 g/mol. The molecule has 2 heteroatoms. The molecular formula is C12H17NO. The largest absolute Gasteiger partial charge is 0.490 e. The molecule has 0 aliphatic heterocycles. The second-order valence-electron chi connectivity index (χ2n) is 3.94. The van der Waals surface area contributed by atoms with Gasteiger partial charge in [-0.25, -0.2) is 0 Å². The summed E-state index contributed by atoms with van der Waals surface area (Å²) < 4.78 is 5.92. The Morgan fingerprint density at radius 2 is 2.21 bits per heavy atom. The molecule has 14 heavy (non-hydrogen) atoms. The fraction of sp³-hybridized carbons (Fsp3) is 0.500. The van der Waals surface area contributed by atoms with Crippen LogP contribution >= 0.6 is 0 Å². The number of hydrogen-bond acceptors (Lipinski definition) is 2. The van der Waals surface area contributed by atoms with Gasteiger partial charge in [0.05, 0.1) is 6.10 Å². The standard InChI is InChI=1S/C12H17NO/c1-9-4-2-5-10(8-13)12(9)14-11-6-3-7-11/h2,4-5,11H,3,6-8,13H2,1H3. The molecule has 2 nitrogen and oxygen atoms in total. The molecule has 1 saturated carbocycles. The van der Waals surface area contributed by atoms with Crippen LogP contribution < -0.4 is 10.5 Å². The summed E-state index contributed by atoms with van der Waals surface area (Å²) in [7, 11) is 0. The number of benzene rings is 1. The van der Waals surface area contributed by atoms with Gasteiger partial charge in [0, 0.05) is 12.1 Å². The van der Waals surface area contributed by atoms with Crippen LogP contribution in [0, 0.1) is 6.92 Å². The van der Waals surface area contributed by atoms with Gasteiger partial charge in [0.25, 0.3) is 0 Å². The zero-order valence-corrected chi connectivity index (χ0v) is 8.62. The van der Waals surface area contributed by atoms with E-state index in [9.17, 15) is 0 Å². The summed E-state index contributed by atoms with van der Waals surface area (Å²) in [4.78, 5) is 0. The molecule has 0 unspecified atom stereocenters. The quantitative estimate of drug-likeness (QED) is 0.796. The summed E-state index contributed by atoms with van der Waals surface area (Å²) in [6.45, 7) is 2.64. The minimum absolute atomic E-state index is 0.432. The number of hydrogen-bond donors (Lipinski definition) is 1. The van der Waals surface area contributed by atoms with E-state index in [1.54, 1.807) is 0 Å². The Labute approximate surface area is 85.1 Å². The topological polar surface area (TPSA) is 35.2 Å². The summed E-state index contributed by atoms with van der Waals surface area (Å²) in [5, 5.41) is 0. The average Bonchev–Trinajstić information content (AvgIpc) is 2.12. The van der Waals surface area contributed by atoms with E-state index >= 15 is 0 Å². The smallest absolute Gasteiger partial charge is 0.127 e. The van der Waals surface area contributed by atoms with Gasteiger partial charge in [-0.2, -0.15) is 0 Å². The molecule has 0 amide bonds. The Hall–Kier alpha value is -1.02. The average molecular weight is 191 g/mol. The fourth-order valence-electron chi connectivity index (χ4n) is 1.70. The predicted octanol–water partition coefficient (Wildman–Crippen LogP) is 2.39. The summed E-state index contributed by atoms with van der Waals surface area (Å²) in [5.74, 6) is 1.01. The van der Waals surface area contributed by atoms with E-state index in [0.717, 1.165) is 11.3 Å². The van der Waals surface area contributed by atoms with Crippen molar-refractivity contribution >= 4 is 0 Å². The van der Waals surface area contributed by atoms with Gasteiger partial charge in [0.1, 0.15) is 5.75 Å². The van der Waals surface area contributed by atoms with Gasteiger partial charge in [-0.05, 0) is 31.7 Å². The van der Waals surface area contributed by atoms with E-state index in [2.05, 4.69) is 13.0 Å². The fourth-order valence-corrected chi connectivity index (χ4v) is 1.70. The van der Waals surface area contributed by atoms with Crippen LogP contribution in [0.4, 0.5) is 0 Å². The van der Waals surface area contributed by atoms with E-state index in [0.29, 0.717) is 12.6 Å². The Balaban J connectivity index is 2.19. The first-order valence-corrected chi connectivity index (χ1v) is 5.26. The zero-order valence-electron chi connectivity index (χ0n) is 8.62. The number of rotatable bonds is 3. The third-order valence-corrected chi connectivity index (χ3v) is 2.85. The molecule has 0 heterocycles. The maximum Gasteiger partial charge on any atom is 0.127 e. The van der Waals surface area contributed by atoms with Crippen LogP contribution in [0.5, 0.6) is 5.75 Å². The maximum atomic E-state index is 5.92.